The summed E-state index contributed by atoms with van der Waals surface area (Å²) < 4.78 is 19.3. The minimum atomic E-state index is -0.412. The van der Waals surface area contributed by atoms with Gasteiger partial charge in [0.05, 0.1) is 12.1 Å². The highest BCUT2D eigenvalue weighted by Crippen LogP contribution is 2.24. The Kier molecular flexibility index (Phi) is 2.79. The predicted octanol–water partition coefficient (Wildman–Crippen LogP) is 2.10. The molecule has 0 aliphatic heterocycles. The Balaban J connectivity index is 2.48. The highest BCUT2D eigenvalue weighted by atomic mass is 79.9. The molecule has 1 aromatic heterocycles. The number of aromatic nitrogens is 2. The molecule has 6 heteroatoms. The van der Waals surface area contributed by atoms with Crippen LogP contribution in [0.25, 0.3) is 11.5 Å². The van der Waals surface area contributed by atoms with Crippen LogP contribution in [0, 0.1) is 5.82 Å². The number of rotatable bonds is 2. The minimum absolute atomic E-state index is 0.134. The Bertz CT molecular complexity index is 486. The highest BCUT2D eigenvalue weighted by molar-refractivity contribution is 9.10. The Morgan fingerprint density at radius 1 is 1.40 bits per heavy atom. The molecule has 1 aromatic carbocycles. The number of halogens is 2. The van der Waals surface area contributed by atoms with Crippen LogP contribution in [0.4, 0.5) is 4.39 Å². The molecule has 2 aromatic rings. The zero-order chi connectivity index (χ0) is 10.8. The Labute approximate surface area is 93.4 Å². The first-order chi connectivity index (χ1) is 7.20. The fourth-order valence-electron chi connectivity index (χ4n) is 1.11. The molecule has 4 nitrogen and oxygen atoms in total. The van der Waals surface area contributed by atoms with E-state index < -0.39 is 5.82 Å². The van der Waals surface area contributed by atoms with E-state index in [1.807, 2.05) is 0 Å². The first-order valence-electron chi connectivity index (χ1n) is 4.18. The summed E-state index contributed by atoms with van der Waals surface area (Å²) in [7, 11) is 0. The van der Waals surface area contributed by atoms with Crippen LogP contribution < -0.4 is 5.73 Å². The van der Waals surface area contributed by atoms with Crippen molar-refractivity contribution in [3.8, 4) is 11.5 Å². The summed E-state index contributed by atoms with van der Waals surface area (Å²) in [5.41, 5.74) is 5.57. The third-order valence-corrected chi connectivity index (χ3v) is 2.29. The normalized spacial score (nSPS) is 10.6. The molecular formula is C9H7BrFN3O. The first-order valence-corrected chi connectivity index (χ1v) is 4.98. The molecule has 0 aliphatic carbocycles. The smallest absolute Gasteiger partial charge is 0.250 e. The number of nitrogens with zero attached hydrogens (tertiary/aromatic N) is 2. The third kappa shape index (κ3) is 2.05. The molecule has 15 heavy (non-hydrogen) atoms. The Morgan fingerprint density at radius 3 is 2.87 bits per heavy atom. The molecule has 2 N–H and O–H groups in total. The fourth-order valence-corrected chi connectivity index (χ4v) is 1.47. The molecule has 0 atom stereocenters. The lowest BCUT2D eigenvalue weighted by Crippen LogP contribution is -1.95. The molecule has 0 unspecified atom stereocenters. The molecule has 0 spiro atoms. The van der Waals surface area contributed by atoms with Gasteiger partial charge in [0.1, 0.15) is 5.82 Å². The molecule has 0 saturated carbocycles. The molecule has 0 aliphatic rings. The van der Waals surface area contributed by atoms with Gasteiger partial charge in [0, 0.05) is 4.47 Å². The number of hydrogen-bond acceptors (Lipinski definition) is 4. The average molecular weight is 272 g/mol. The Morgan fingerprint density at radius 2 is 2.20 bits per heavy atom. The van der Waals surface area contributed by atoms with E-state index in [1.54, 1.807) is 12.1 Å². The zero-order valence-electron chi connectivity index (χ0n) is 7.58. The molecule has 2 rings (SSSR count). The van der Waals surface area contributed by atoms with Crippen LogP contribution in [-0.2, 0) is 6.54 Å². The lowest BCUT2D eigenvalue weighted by atomic mass is 10.2. The van der Waals surface area contributed by atoms with Crippen molar-refractivity contribution in [1.29, 1.82) is 0 Å². The summed E-state index contributed by atoms with van der Waals surface area (Å²) in [6.07, 6.45) is 0. The van der Waals surface area contributed by atoms with E-state index in [0.717, 1.165) is 4.47 Å². The molecule has 0 bridgehead atoms. The highest BCUT2D eigenvalue weighted by Gasteiger charge is 2.12. The summed E-state index contributed by atoms with van der Waals surface area (Å²) in [5, 5.41) is 7.36. The summed E-state index contributed by atoms with van der Waals surface area (Å²) in [4.78, 5) is 0. The van der Waals surface area contributed by atoms with Crippen molar-refractivity contribution in [2.45, 2.75) is 6.54 Å². The van der Waals surface area contributed by atoms with E-state index in [-0.39, 0.29) is 23.9 Å². The molecular weight excluding hydrogens is 265 g/mol. The van der Waals surface area contributed by atoms with E-state index in [1.165, 1.54) is 6.07 Å². The quantitative estimate of drug-likeness (QED) is 0.909. The van der Waals surface area contributed by atoms with Gasteiger partial charge in [-0.2, -0.15) is 0 Å². The predicted molar refractivity (Wildman–Crippen MR) is 55.3 cm³/mol. The second kappa shape index (κ2) is 4.08. The van der Waals surface area contributed by atoms with Gasteiger partial charge in [0.25, 0.3) is 5.89 Å². The van der Waals surface area contributed by atoms with Crippen molar-refractivity contribution in [1.82, 2.24) is 10.2 Å². The van der Waals surface area contributed by atoms with Crippen LogP contribution in [0.5, 0.6) is 0 Å². The lowest BCUT2D eigenvalue weighted by Gasteiger charge is -1.97. The van der Waals surface area contributed by atoms with Gasteiger partial charge in [-0.25, -0.2) is 4.39 Å². The summed E-state index contributed by atoms with van der Waals surface area (Å²) in [6, 6.07) is 4.49. The summed E-state index contributed by atoms with van der Waals surface area (Å²) in [5.74, 6) is 0.00375. The van der Waals surface area contributed by atoms with E-state index in [2.05, 4.69) is 26.1 Å². The maximum Gasteiger partial charge on any atom is 0.250 e. The largest absolute Gasteiger partial charge is 0.419 e. The zero-order valence-corrected chi connectivity index (χ0v) is 9.16. The van der Waals surface area contributed by atoms with Crippen molar-refractivity contribution in [2.24, 2.45) is 5.73 Å². The first kappa shape index (κ1) is 10.3. The monoisotopic (exact) mass is 271 g/mol. The van der Waals surface area contributed by atoms with Crippen molar-refractivity contribution >= 4 is 15.9 Å². The summed E-state index contributed by atoms with van der Waals surface area (Å²) >= 11 is 3.24. The molecule has 1 heterocycles. The van der Waals surface area contributed by atoms with Crippen LogP contribution in [0.2, 0.25) is 0 Å². The number of hydrogen-bond donors (Lipinski definition) is 1. The van der Waals surface area contributed by atoms with Gasteiger partial charge in [0.15, 0.2) is 0 Å². The summed E-state index contributed by atoms with van der Waals surface area (Å²) in [6.45, 7) is 0.141. The molecule has 0 fully saturated rings. The van der Waals surface area contributed by atoms with Gasteiger partial charge in [-0.1, -0.05) is 15.9 Å². The van der Waals surface area contributed by atoms with Crippen LogP contribution >= 0.6 is 15.9 Å². The van der Waals surface area contributed by atoms with E-state index in [4.69, 9.17) is 10.2 Å². The lowest BCUT2D eigenvalue weighted by molar-refractivity contribution is 0.504. The number of nitrogens with two attached hydrogens (primary N) is 1. The van der Waals surface area contributed by atoms with Crippen LogP contribution in [-0.4, -0.2) is 10.2 Å². The standard InChI is InChI=1S/C9H7BrFN3O/c10-5-1-2-7(11)6(3-5)9-14-13-8(4-12)15-9/h1-3H,4,12H2. The van der Waals surface area contributed by atoms with Gasteiger partial charge >= 0.3 is 0 Å². The maximum absolute atomic E-state index is 13.4. The van der Waals surface area contributed by atoms with Crippen LogP contribution in [0.3, 0.4) is 0 Å². The third-order valence-electron chi connectivity index (χ3n) is 1.80. The second-order valence-corrected chi connectivity index (χ2v) is 3.74. The SMILES string of the molecule is NCc1nnc(-c2cc(Br)ccc2F)o1. The molecule has 0 amide bonds. The van der Waals surface area contributed by atoms with Crippen LogP contribution in [0.15, 0.2) is 27.1 Å². The fraction of sp³-hybridized carbons (Fsp3) is 0.111. The van der Waals surface area contributed by atoms with Gasteiger partial charge in [-0.05, 0) is 18.2 Å². The molecule has 78 valence electrons. The average Bonchev–Trinajstić information content (AvgIpc) is 2.70. The van der Waals surface area contributed by atoms with Crippen molar-refractivity contribution in [3.05, 3.63) is 34.4 Å². The van der Waals surface area contributed by atoms with Crippen LogP contribution in [0.1, 0.15) is 5.89 Å². The van der Waals surface area contributed by atoms with E-state index >= 15 is 0 Å². The van der Waals surface area contributed by atoms with Gasteiger partial charge < -0.3 is 10.2 Å². The second-order valence-electron chi connectivity index (χ2n) is 2.83. The molecule has 0 saturated heterocycles. The Hall–Kier alpha value is -1.27. The van der Waals surface area contributed by atoms with Gasteiger partial charge in [-0.3, -0.25) is 0 Å². The van der Waals surface area contributed by atoms with Crippen molar-refractivity contribution < 1.29 is 8.81 Å². The van der Waals surface area contributed by atoms with Crippen molar-refractivity contribution in [3.63, 3.8) is 0 Å². The topological polar surface area (TPSA) is 64.9 Å². The van der Waals surface area contributed by atoms with E-state index in [0.29, 0.717) is 0 Å². The van der Waals surface area contributed by atoms with E-state index in [9.17, 15) is 4.39 Å². The van der Waals surface area contributed by atoms with Gasteiger partial charge in [0.2, 0.25) is 5.89 Å². The number of benzene rings is 1. The van der Waals surface area contributed by atoms with Crippen molar-refractivity contribution in [2.75, 3.05) is 0 Å². The van der Waals surface area contributed by atoms with Gasteiger partial charge in [-0.15, -0.1) is 10.2 Å². The maximum atomic E-state index is 13.4. The minimum Gasteiger partial charge on any atom is -0.419 e. The molecule has 0 radical (unpaired) electrons.